The molecular weight excluding hydrogens is 424 g/mol. The Labute approximate surface area is 179 Å². The zero-order valence-corrected chi connectivity index (χ0v) is 18.2. The molecule has 4 heteroatoms. The van der Waals surface area contributed by atoms with Crippen molar-refractivity contribution in [3.8, 4) is 0 Å². The van der Waals surface area contributed by atoms with Crippen LogP contribution in [0.5, 0.6) is 0 Å². The number of halogens is 1. The Morgan fingerprint density at radius 2 is 1.86 bits per heavy atom. The van der Waals surface area contributed by atoms with E-state index in [0.717, 1.165) is 39.8 Å². The Hall–Kier alpha value is -2.59. The summed E-state index contributed by atoms with van der Waals surface area (Å²) >= 11 is 3.71. The summed E-state index contributed by atoms with van der Waals surface area (Å²) in [6.07, 6.45) is 2.52. The Kier molecular flexibility index (Phi) is 4.47. The van der Waals surface area contributed by atoms with Crippen molar-refractivity contribution in [3.63, 3.8) is 0 Å². The van der Waals surface area contributed by atoms with Gasteiger partial charge in [-0.1, -0.05) is 36.4 Å². The van der Waals surface area contributed by atoms with Gasteiger partial charge >= 0.3 is 0 Å². The van der Waals surface area contributed by atoms with Crippen molar-refractivity contribution in [1.82, 2.24) is 0 Å². The number of carbonyl (C=O) groups is 1. The number of ketones is 1. The number of anilines is 2. The maximum Gasteiger partial charge on any atom is 0.161 e. The number of rotatable bonds is 2. The van der Waals surface area contributed by atoms with Gasteiger partial charge in [-0.25, -0.2) is 0 Å². The van der Waals surface area contributed by atoms with Gasteiger partial charge < -0.3 is 10.2 Å². The lowest BCUT2D eigenvalue weighted by molar-refractivity contribution is -0.116. The van der Waals surface area contributed by atoms with Gasteiger partial charge in [-0.15, -0.1) is 0 Å². The fourth-order valence-electron chi connectivity index (χ4n) is 4.72. The maximum atomic E-state index is 13.1. The molecule has 0 spiro atoms. The summed E-state index contributed by atoms with van der Waals surface area (Å²) in [6, 6.07) is 19.1. The van der Waals surface area contributed by atoms with E-state index in [9.17, 15) is 4.79 Å². The summed E-state index contributed by atoms with van der Waals surface area (Å²) < 4.78 is 1.04. The van der Waals surface area contributed by atoms with Crippen molar-refractivity contribution in [1.29, 1.82) is 0 Å². The molecule has 1 N–H and O–H groups in total. The van der Waals surface area contributed by atoms with Crippen molar-refractivity contribution < 1.29 is 4.79 Å². The van der Waals surface area contributed by atoms with E-state index in [2.05, 4.69) is 80.7 Å². The predicted octanol–water partition coefficient (Wildman–Crippen LogP) is 6.34. The topological polar surface area (TPSA) is 32.3 Å². The van der Waals surface area contributed by atoms with E-state index >= 15 is 0 Å². The fraction of sp³-hybridized carbons (Fsp3) is 0.240. The van der Waals surface area contributed by atoms with Gasteiger partial charge in [0.15, 0.2) is 5.78 Å². The average Bonchev–Trinajstić information content (AvgIpc) is 2.72. The number of carbonyl (C=O) groups excluding carboxylic acids is 1. The van der Waals surface area contributed by atoms with Crippen LogP contribution in [0.2, 0.25) is 0 Å². The number of hydrogen-bond acceptors (Lipinski definition) is 3. The van der Waals surface area contributed by atoms with Crippen LogP contribution in [-0.4, -0.2) is 19.9 Å². The van der Waals surface area contributed by atoms with Gasteiger partial charge in [-0.3, -0.25) is 4.79 Å². The third kappa shape index (κ3) is 2.98. The smallest absolute Gasteiger partial charge is 0.161 e. The highest BCUT2D eigenvalue weighted by Gasteiger charge is 2.35. The molecule has 1 aliphatic heterocycles. The number of nitrogens with one attached hydrogen (secondary N) is 1. The van der Waals surface area contributed by atoms with Gasteiger partial charge in [0.25, 0.3) is 0 Å². The molecule has 0 aromatic heterocycles. The first kappa shape index (κ1) is 18.4. The summed E-state index contributed by atoms with van der Waals surface area (Å²) in [7, 11) is 4.07. The van der Waals surface area contributed by atoms with E-state index in [0.29, 0.717) is 6.42 Å². The minimum Gasteiger partial charge on any atom is -0.377 e. The van der Waals surface area contributed by atoms with Gasteiger partial charge in [0.1, 0.15) is 0 Å². The highest BCUT2D eigenvalue weighted by molar-refractivity contribution is 9.10. The molecule has 0 radical (unpaired) electrons. The molecule has 3 aromatic carbocycles. The number of benzene rings is 3. The largest absolute Gasteiger partial charge is 0.377 e. The molecular formula is C25H23BrN2O. The molecule has 0 saturated carbocycles. The summed E-state index contributed by atoms with van der Waals surface area (Å²) in [5.74, 6) is 0.273. The standard InChI is InChI=1S/C25H23BrN2O/c1-28(2)21-13-11-16(14-19(21)26)25-24-18(8-5-9-22(24)29)23-17-7-4-3-6-15(17)10-12-20(23)27-25/h3-4,6-7,10-14,25,27H,5,8-9H2,1-2H3/t25-/m0/s1. The van der Waals surface area contributed by atoms with E-state index < -0.39 is 0 Å². The maximum absolute atomic E-state index is 13.1. The monoisotopic (exact) mass is 446 g/mol. The molecule has 5 rings (SSSR count). The molecule has 1 aliphatic carbocycles. The second kappa shape index (κ2) is 7.03. The zero-order valence-electron chi connectivity index (χ0n) is 16.6. The first-order valence-electron chi connectivity index (χ1n) is 10.1. The van der Waals surface area contributed by atoms with Crippen LogP contribution in [0.15, 0.2) is 64.6 Å². The van der Waals surface area contributed by atoms with Crippen molar-refractivity contribution in [2.45, 2.75) is 25.3 Å². The number of hydrogen-bond donors (Lipinski definition) is 1. The Morgan fingerprint density at radius 3 is 2.66 bits per heavy atom. The van der Waals surface area contributed by atoms with E-state index in [1.807, 2.05) is 14.1 Å². The van der Waals surface area contributed by atoms with E-state index in [1.54, 1.807) is 0 Å². The van der Waals surface area contributed by atoms with Crippen molar-refractivity contribution in [2.24, 2.45) is 0 Å². The van der Waals surface area contributed by atoms with Crippen LogP contribution in [0.1, 0.15) is 36.4 Å². The fourth-order valence-corrected chi connectivity index (χ4v) is 5.47. The van der Waals surface area contributed by atoms with Gasteiger partial charge in [0.2, 0.25) is 0 Å². The molecule has 0 fully saturated rings. The lowest BCUT2D eigenvalue weighted by Gasteiger charge is -2.35. The number of nitrogens with zero attached hydrogens (tertiary/aromatic N) is 1. The zero-order chi connectivity index (χ0) is 20.1. The van der Waals surface area contributed by atoms with Crippen LogP contribution < -0.4 is 10.2 Å². The minimum absolute atomic E-state index is 0.112. The van der Waals surface area contributed by atoms with E-state index in [1.165, 1.54) is 21.9 Å². The molecule has 3 nitrogen and oxygen atoms in total. The second-order valence-electron chi connectivity index (χ2n) is 8.06. The third-order valence-corrected chi connectivity index (χ3v) is 6.70. The SMILES string of the molecule is CN(C)c1ccc([C@@H]2Nc3ccc4ccccc4c3C3=C2C(=O)CCC3)cc1Br. The van der Waals surface area contributed by atoms with Crippen molar-refractivity contribution in [3.05, 3.63) is 75.8 Å². The van der Waals surface area contributed by atoms with Gasteiger partial charge in [-0.05, 0) is 68.9 Å². The quantitative estimate of drug-likeness (QED) is 0.498. The average molecular weight is 447 g/mol. The highest BCUT2D eigenvalue weighted by atomic mass is 79.9. The van der Waals surface area contributed by atoms with Crippen LogP contribution in [0.3, 0.4) is 0 Å². The first-order valence-corrected chi connectivity index (χ1v) is 10.9. The lowest BCUT2D eigenvalue weighted by Crippen LogP contribution is -2.27. The molecule has 0 unspecified atom stereocenters. The molecule has 146 valence electrons. The lowest BCUT2D eigenvalue weighted by atomic mass is 9.77. The summed E-state index contributed by atoms with van der Waals surface area (Å²) in [6.45, 7) is 0. The van der Waals surface area contributed by atoms with E-state index in [4.69, 9.17) is 0 Å². The first-order chi connectivity index (χ1) is 14.0. The van der Waals surface area contributed by atoms with Gasteiger partial charge in [0.05, 0.1) is 11.7 Å². The molecule has 0 bridgehead atoms. The summed E-state index contributed by atoms with van der Waals surface area (Å²) in [4.78, 5) is 15.2. The van der Waals surface area contributed by atoms with Crippen molar-refractivity contribution >= 4 is 49.4 Å². The molecule has 2 aliphatic rings. The number of fused-ring (bicyclic) bond motifs is 4. The molecule has 3 aromatic rings. The molecule has 1 atom stereocenters. The van der Waals surface area contributed by atoms with Gasteiger partial charge in [-0.2, -0.15) is 0 Å². The van der Waals surface area contributed by atoms with Crippen LogP contribution >= 0.6 is 15.9 Å². The van der Waals surface area contributed by atoms with Crippen molar-refractivity contribution in [2.75, 3.05) is 24.3 Å². The normalized spacial score (nSPS) is 18.3. The second-order valence-corrected chi connectivity index (χ2v) is 8.92. The molecule has 0 amide bonds. The third-order valence-electron chi connectivity index (χ3n) is 6.06. The summed E-state index contributed by atoms with van der Waals surface area (Å²) in [5, 5.41) is 6.14. The molecule has 1 heterocycles. The Balaban J connectivity index is 1.72. The summed E-state index contributed by atoms with van der Waals surface area (Å²) in [5.41, 5.74) is 6.75. The van der Waals surface area contributed by atoms with E-state index in [-0.39, 0.29) is 11.8 Å². The Morgan fingerprint density at radius 1 is 1.03 bits per heavy atom. The molecule has 0 saturated heterocycles. The molecule has 29 heavy (non-hydrogen) atoms. The number of allylic oxidation sites excluding steroid dienone is 1. The van der Waals surface area contributed by atoms with Crippen LogP contribution in [0.25, 0.3) is 16.3 Å². The minimum atomic E-state index is -0.112. The van der Waals surface area contributed by atoms with Crippen LogP contribution in [-0.2, 0) is 4.79 Å². The Bertz CT molecular complexity index is 1180. The van der Waals surface area contributed by atoms with Crippen LogP contribution in [0, 0.1) is 0 Å². The highest BCUT2D eigenvalue weighted by Crippen LogP contribution is 2.48. The van der Waals surface area contributed by atoms with Crippen LogP contribution in [0.4, 0.5) is 11.4 Å². The predicted molar refractivity (Wildman–Crippen MR) is 125 cm³/mol. The number of Topliss-reactive ketones (excluding diaryl/α,β-unsaturated/α-hetero) is 1. The van der Waals surface area contributed by atoms with Gasteiger partial charge in [0, 0.05) is 41.8 Å².